The number of urea groups is 1. The lowest BCUT2D eigenvalue weighted by Gasteiger charge is -2.20. The first-order valence-corrected chi connectivity index (χ1v) is 7.46. The van der Waals surface area contributed by atoms with E-state index in [0.29, 0.717) is 37.6 Å². The smallest absolute Gasteiger partial charge is 0.321 e. The molecule has 2 rings (SSSR count). The summed E-state index contributed by atoms with van der Waals surface area (Å²) in [6, 6.07) is 6.72. The third kappa shape index (κ3) is 4.35. The molecule has 1 aromatic rings. The number of carboxylic acid groups (broad SMARTS) is 1. The summed E-state index contributed by atoms with van der Waals surface area (Å²) in [5.41, 5.74) is -0.228. The highest BCUT2D eigenvalue weighted by molar-refractivity contribution is 5.90. The van der Waals surface area contributed by atoms with Crippen LogP contribution in [0.4, 0.5) is 10.5 Å². The second-order valence-electron chi connectivity index (χ2n) is 5.83. The third-order valence-electron chi connectivity index (χ3n) is 3.94. The molecule has 126 valence electrons. The van der Waals surface area contributed by atoms with Crippen LogP contribution in [0.3, 0.4) is 0 Å². The SMILES string of the molecule is COCCOc1ccc(NC(=O)N2CCC(C)(C(=O)O)C2)cc1. The van der Waals surface area contributed by atoms with E-state index in [1.54, 1.807) is 38.3 Å². The number of nitrogens with one attached hydrogen (secondary N) is 1. The Kier molecular flexibility index (Phi) is 5.44. The molecule has 2 N–H and O–H groups in total. The highest BCUT2D eigenvalue weighted by atomic mass is 16.5. The summed E-state index contributed by atoms with van der Waals surface area (Å²) in [5.74, 6) is -0.176. The van der Waals surface area contributed by atoms with Gasteiger partial charge in [0.1, 0.15) is 12.4 Å². The summed E-state index contributed by atoms with van der Waals surface area (Å²) in [5, 5.41) is 12.0. The van der Waals surface area contributed by atoms with E-state index in [2.05, 4.69) is 5.32 Å². The minimum absolute atomic E-state index is 0.215. The number of anilines is 1. The van der Waals surface area contributed by atoms with Gasteiger partial charge in [0, 0.05) is 25.9 Å². The van der Waals surface area contributed by atoms with Gasteiger partial charge in [-0.1, -0.05) is 0 Å². The molecule has 7 nitrogen and oxygen atoms in total. The Hall–Kier alpha value is -2.28. The highest BCUT2D eigenvalue weighted by Gasteiger charge is 2.42. The van der Waals surface area contributed by atoms with Crippen molar-refractivity contribution in [3.8, 4) is 5.75 Å². The van der Waals surface area contributed by atoms with Gasteiger partial charge in [-0.2, -0.15) is 0 Å². The second kappa shape index (κ2) is 7.32. The number of aliphatic carboxylic acids is 1. The van der Waals surface area contributed by atoms with E-state index in [4.69, 9.17) is 9.47 Å². The average molecular weight is 322 g/mol. The van der Waals surface area contributed by atoms with Crippen LogP contribution in [0, 0.1) is 5.41 Å². The molecule has 1 unspecified atom stereocenters. The number of carbonyl (C=O) groups is 2. The van der Waals surface area contributed by atoms with Crippen molar-refractivity contribution in [2.75, 3.05) is 38.7 Å². The number of rotatable bonds is 6. The summed E-state index contributed by atoms with van der Waals surface area (Å²) in [6.45, 7) is 3.29. The number of hydrogen-bond acceptors (Lipinski definition) is 4. The number of benzene rings is 1. The summed E-state index contributed by atoms with van der Waals surface area (Å²) >= 11 is 0. The molecule has 1 aliphatic rings. The molecule has 0 spiro atoms. The molecule has 1 aliphatic heterocycles. The number of nitrogens with zero attached hydrogens (tertiary/aromatic N) is 1. The van der Waals surface area contributed by atoms with Crippen LogP contribution < -0.4 is 10.1 Å². The molecule has 0 aliphatic carbocycles. The van der Waals surface area contributed by atoms with Crippen molar-refractivity contribution in [2.24, 2.45) is 5.41 Å². The number of hydrogen-bond donors (Lipinski definition) is 2. The quantitative estimate of drug-likeness (QED) is 0.783. The summed E-state index contributed by atoms with van der Waals surface area (Å²) < 4.78 is 10.3. The summed E-state index contributed by atoms with van der Waals surface area (Å²) in [4.78, 5) is 24.9. The van der Waals surface area contributed by atoms with E-state index in [0.717, 1.165) is 0 Å². The number of carbonyl (C=O) groups excluding carboxylic acids is 1. The lowest BCUT2D eigenvalue weighted by molar-refractivity contribution is -0.146. The lowest BCUT2D eigenvalue weighted by Crippen LogP contribution is -2.37. The normalized spacial score (nSPS) is 20.3. The molecule has 0 aromatic heterocycles. The number of likely N-dealkylation sites (tertiary alicyclic amines) is 1. The van der Waals surface area contributed by atoms with Gasteiger partial charge in [0.2, 0.25) is 0 Å². The van der Waals surface area contributed by atoms with Crippen LogP contribution in [0.25, 0.3) is 0 Å². The third-order valence-corrected chi connectivity index (χ3v) is 3.94. The highest BCUT2D eigenvalue weighted by Crippen LogP contribution is 2.30. The van der Waals surface area contributed by atoms with Gasteiger partial charge in [-0.15, -0.1) is 0 Å². The van der Waals surface area contributed by atoms with E-state index < -0.39 is 11.4 Å². The van der Waals surface area contributed by atoms with Crippen molar-refractivity contribution >= 4 is 17.7 Å². The molecule has 0 saturated carbocycles. The molecule has 2 amide bonds. The van der Waals surface area contributed by atoms with Gasteiger partial charge >= 0.3 is 12.0 Å². The van der Waals surface area contributed by atoms with Gasteiger partial charge in [0.05, 0.1) is 12.0 Å². The van der Waals surface area contributed by atoms with E-state index >= 15 is 0 Å². The van der Waals surface area contributed by atoms with Crippen LogP contribution in [0.5, 0.6) is 5.75 Å². The van der Waals surface area contributed by atoms with Crippen LogP contribution >= 0.6 is 0 Å². The van der Waals surface area contributed by atoms with Crippen LogP contribution in [0.1, 0.15) is 13.3 Å². The molecule has 1 atom stereocenters. The first-order chi connectivity index (χ1) is 10.9. The van der Waals surface area contributed by atoms with Crippen molar-refractivity contribution in [3.05, 3.63) is 24.3 Å². The maximum atomic E-state index is 12.2. The standard InChI is InChI=1S/C16H22N2O5/c1-16(14(19)20)7-8-18(11-16)15(21)17-12-3-5-13(6-4-12)23-10-9-22-2/h3-6H,7-11H2,1-2H3,(H,17,21)(H,19,20). The first kappa shape index (κ1) is 17.1. The molecule has 7 heteroatoms. The molecule has 1 fully saturated rings. The number of carboxylic acids is 1. The van der Waals surface area contributed by atoms with Gasteiger partial charge in [-0.25, -0.2) is 4.79 Å². The van der Waals surface area contributed by atoms with Crippen LogP contribution in [0.15, 0.2) is 24.3 Å². The van der Waals surface area contributed by atoms with E-state index in [1.807, 2.05) is 0 Å². The van der Waals surface area contributed by atoms with E-state index in [9.17, 15) is 14.7 Å². The fourth-order valence-electron chi connectivity index (χ4n) is 2.39. The Morgan fingerprint density at radius 3 is 2.57 bits per heavy atom. The fraction of sp³-hybridized carbons (Fsp3) is 0.500. The van der Waals surface area contributed by atoms with Gasteiger partial charge in [-0.05, 0) is 37.6 Å². The Balaban J connectivity index is 1.87. The predicted molar refractivity (Wildman–Crippen MR) is 84.8 cm³/mol. The van der Waals surface area contributed by atoms with Crippen LogP contribution in [-0.2, 0) is 9.53 Å². The predicted octanol–water partition coefficient (Wildman–Crippen LogP) is 2.04. The second-order valence-corrected chi connectivity index (χ2v) is 5.83. The molecule has 1 aromatic carbocycles. The Morgan fingerprint density at radius 2 is 2.00 bits per heavy atom. The van der Waals surface area contributed by atoms with Crippen molar-refractivity contribution in [3.63, 3.8) is 0 Å². The molecule has 23 heavy (non-hydrogen) atoms. The fourth-order valence-corrected chi connectivity index (χ4v) is 2.39. The molecule has 0 bridgehead atoms. The van der Waals surface area contributed by atoms with Crippen molar-refractivity contribution in [1.29, 1.82) is 0 Å². The van der Waals surface area contributed by atoms with Crippen molar-refractivity contribution in [1.82, 2.24) is 4.90 Å². The van der Waals surface area contributed by atoms with Crippen LogP contribution in [-0.4, -0.2) is 55.4 Å². The van der Waals surface area contributed by atoms with Crippen molar-refractivity contribution in [2.45, 2.75) is 13.3 Å². The minimum Gasteiger partial charge on any atom is -0.491 e. The zero-order valence-corrected chi connectivity index (χ0v) is 13.4. The van der Waals surface area contributed by atoms with Crippen molar-refractivity contribution < 1.29 is 24.2 Å². The Labute approximate surface area is 135 Å². The Morgan fingerprint density at radius 1 is 1.30 bits per heavy atom. The molecular weight excluding hydrogens is 300 g/mol. The van der Waals surface area contributed by atoms with Gasteiger partial charge in [0.15, 0.2) is 0 Å². The zero-order valence-electron chi connectivity index (χ0n) is 13.4. The molecule has 1 saturated heterocycles. The summed E-state index contributed by atoms with van der Waals surface area (Å²) in [7, 11) is 1.61. The molecular formula is C16H22N2O5. The van der Waals surface area contributed by atoms with E-state index in [1.165, 1.54) is 4.90 Å². The minimum atomic E-state index is -0.870. The molecule has 0 radical (unpaired) electrons. The largest absolute Gasteiger partial charge is 0.491 e. The lowest BCUT2D eigenvalue weighted by atomic mass is 9.90. The van der Waals surface area contributed by atoms with E-state index in [-0.39, 0.29) is 12.6 Å². The number of ether oxygens (including phenoxy) is 2. The number of amides is 2. The van der Waals surface area contributed by atoms with Gasteiger partial charge < -0.3 is 24.8 Å². The zero-order chi connectivity index (χ0) is 16.9. The maximum Gasteiger partial charge on any atom is 0.321 e. The molecule has 1 heterocycles. The first-order valence-electron chi connectivity index (χ1n) is 7.46. The topological polar surface area (TPSA) is 88.1 Å². The van der Waals surface area contributed by atoms with Crippen LogP contribution in [0.2, 0.25) is 0 Å². The Bertz CT molecular complexity index is 560. The van der Waals surface area contributed by atoms with Gasteiger partial charge in [0.25, 0.3) is 0 Å². The maximum absolute atomic E-state index is 12.2. The van der Waals surface area contributed by atoms with Gasteiger partial charge in [-0.3, -0.25) is 4.79 Å². The monoisotopic (exact) mass is 322 g/mol. The average Bonchev–Trinajstić information content (AvgIpc) is 2.93. The number of methoxy groups -OCH3 is 1. The summed E-state index contributed by atoms with van der Waals surface area (Å²) in [6.07, 6.45) is 0.460.